The van der Waals surface area contributed by atoms with Crippen molar-refractivity contribution in [2.75, 3.05) is 5.32 Å². The van der Waals surface area contributed by atoms with Crippen LogP contribution < -0.4 is 10.1 Å². The molecule has 4 aromatic carbocycles. The number of benzene rings is 4. The van der Waals surface area contributed by atoms with Crippen molar-refractivity contribution in [1.82, 2.24) is 0 Å². The molecule has 0 saturated carbocycles. The van der Waals surface area contributed by atoms with Crippen molar-refractivity contribution < 1.29 is 4.74 Å². The molecule has 2 aliphatic rings. The van der Waals surface area contributed by atoms with E-state index >= 15 is 0 Å². The fourth-order valence-corrected chi connectivity index (χ4v) is 5.42. The predicted octanol–water partition coefficient (Wildman–Crippen LogP) is 7.90. The van der Waals surface area contributed by atoms with Gasteiger partial charge in [0, 0.05) is 5.92 Å². The van der Waals surface area contributed by atoms with Crippen molar-refractivity contribution in [3.8, 4) is 5.75 Å². The van der Waals surface area contributed by atoms with Gasteiger partial charge in [-0.3, -0.25) is 0 Å². The second-order valence-electron chi connectivity index (χ2n) is 8.72. The van der Waals surface area contributed by atoms with Gasteiger partial charge in [-0.15, -0.1) is 0 Å². The summed E-state index contributed by atoms with van der Waals surface area (Å²) in [7, 11) is 0. The topological polar surface area (TPSA) is 21.3 Å². The molecule has 0 bridgehead atoms. The molecule has 6 rings (SSSR count). The van der Waals surface area contributed by atoms with Gasteiger partial charge in [0.1, 0.15) is 12.4 Å². The highest BCUT2D eigenvalue weighted by Gasteiger charge is 2.38. The highest BCUT2D eigenvalue weighted by molar-refractivity contribution is 6.33. The minimum atomic E-state index is 0.233. The molecule has 4 aromatic rings. The minimum Gasteiger partial charge on any atom is -0.489 e. The van der Waals surface area contributed by atoms with Gasteiger partial charge in [-0.05, 0) is 64.1 Å². The lowest BCUT2D eigenvalue weighted by molar-refractivity contribution is 0.306. The molecule has 0 radical (unpaired) electrons. The number of nitrogens with one attached hydrogen (secondary N) is 1. The summed E-state index contributed by atoms with van der Waals surface area (Å²) >= 11 is 6.54. The third-order valence-electron chi connectivity index (χ3n) is 6.80. The van der Waals surface area contributed by atoms with Crippen LogP contribution in [0.3, 0.4) is 0 Å². The minimum absolute atomic E-state index is 0.233. The van der Waals surface area contributed by atoms with E-state index in [0.717, 1.165) is 22.9 Å². The maximum absolute atomic E-state index is 6.54. The number of anilines is 1. The molecule has 0 spiro atoms. The Morgan fingerprint density at radius 3 is 2.59 bits per heavy atom. The Kier molecular flexibility index (Phi) is 4.88. The van der Waals surface area contributed by atoms with Gasteiger partial charge in [0.05, 0.1) is 16.8 Å². The lowest BCUT2D eigenvalue weighted by atomic mass is 9.77. The Hall–Kier alpha value is -3.23. The number of allylic oxidation sites excluding steroid dienone is 2. The number of hydrogen-bond donors (Lipinski definition) is 1. The van der Waals surface area contributed by atoms with Gasteiger partial charge >= 0.3 is 0 Å². The van der Waals surface area contributed by atoms with Crippen molar-refractivity contribution >= 4 is 28.1 Å². The molecule has 0 unspecified atom stereocenters. The summed E-state index contributed by atoms with van der Waals surface area (Å²) < 4.78 is 6.09. The first-order valence-corrected chi connectivity index (χ1v) is 11.6. The summed E-state index contributed by atoms with van der Waals surface area (Å²) in [5.74, 6) is 1.81. The van der Waals surface area contributed by atoms with E-state index in [-0.39, 0.29) is 6.04 Å². The van der Waals surface area contributed by atoms with Gasteiger partial charge in [0.2, 0.25) is 0 Å². The summed E-state index contributed by atoms with van der Waals surface area (Å²) in [4.78, 5) is 0. The quantitative estimate of drug-likeness (QED) is 0.327. The zero-order chi connectivity index (χ0) is 21.5. The molecule has 1 heterocycles. The third-order valence-corrected chi connectivity index (χ3v) is 7.12. The monoisotopic (exact) mass is 437 g/mol. The van der Waals surface area contributed by atoms with E-state index in [0.29, 0.717) is 18.4 Å². The van der Waals surface area contributed by atoms with E-state index in [1.807, 2.05) is 12.1 Å². The molecule has 32 heavy (non-hydrogen) atoms. The number of fused-ring (bicyclic) bond motifs is 4. The zero-order valence-electron chi connectivity index (χ0n) is 17.7. The molecule has 0 aromatic heterocycles. The van der Waals surface area contributed by atoms with Gasteiger partial charge in [0.25, 0.3) is 0 Å². The summed E-state index contributed by atoms with van der Waals surface area (Å²) in [5, 5.41) is 7.02. The maximum Gasteiger partial charge on any atom is 0.119 e. The third kappa shape index (κ3) is 3.45. The highest BCUT2D eigenvalue weighted by Crippen LogP contribution is 2.51. The average Bonchev–Trinajstić information content (AvgIpc) is 3.33. The fraction of sp³-hybridized carbons (Fsp3) is 0.172. The zero-order valence-corrected chi connectivity index (χ0v) is 18.4. The normalized spacial score (nSPS) is 21.1. The van der Waals surface area contributed by atoms with Crippen LogP contribution in [-0.4, -0.2) is 0 Å². The first kappa shape index (κ1) is 19.5. The lowest BCUT2D eigenvalue weighted by Gasteiger charge is -2.38. The first-order valence-electron chi connectivity index (χ1n) is 11.2. The average molecular weight is 438 g/mol. The van der Waals surface area contributed by atoms with Gasteiger partial charge in [-0.2, -0.15) is 0 Å². The largest absolute Gasteiger partial charge is 0.489 e. The second-order valence-corrected chi connectivity index (χ2v) is 9.13. The SMILES string of the molecule is Clc1cccc2c1N[C@@H](c1ccc(OCc3ccc4ccccc4c3)cc1)[C@H]1CC=C[C@@H]21. The Bertz CT molecular complexity index is 1310. The summed E-state index contributed by atoms with van der Waals surface area (Å²) in [6.45, 7) is 0.559. The van der Waals surface area contributed by atoms with Gasteiger partial charge in [-0.25, -0.2) is 0 Å². The number of hydrogen-bond acceptors (Lipinski definition) is 2. The van der Waals surface area contributed by atoms with E-state index in [1.54, 1.807) is 0 Å². The van der Waals surface area contributed by atoms with E-state index in [4.69, 9.17) is 16.3 Å². The summed E-state index contributed by atoms with van der Waals surface area (Å²) in [6.07, 6.45) is 5.73. The molecule has 3 heteroatoms. The smallest absolute Gasteiger partial charge is 0.119 e. The number of para-hydroxylation sites is 1. The summed E-state index contributed by atoms with van der Waals surface area (Å²) in [6, 6.07) is 29.9. The summed E-state index contributed by atoms with van der Waals surface area (Å²) in [5.41, 5.74) is 4.83. The Morgan fingerprint density at radius 2 is 1.72 bits per heavy atom. The maximum atomic E-state index is 6.54. The van der Waals surface area contributed by atoms with Crippen LogP contribution in [0, 0.1) is 5.92 Å². The lowest BCUT2D eigenvalue weighted by Crippen LogP contribution is -2.29. The number of ether oxygens (including phenoxy) is 1. The predicted molar refractivity (Wildman–Crippen MR) is 133 cm³/mol. The van der Waals surface area contributed by atoms with Crippen LogP contribution in [0.1, 0.15) is 35.1 Å². The van der Waals surface area contributed by atoms with Crippen molar-refractivity contribution in [2.45, 2.75) is 25.0 Å². The van der Waals surface area contributed by atoms with Crippen molar-refractivity contribution in [3.63, 3.8) is 0 Å². The molecule has 3 atom stereocenters. The van der Waals surface area contributed by atoms with Gasteiger partial charge < -0.3 is 10.1 Å². The van der Waals surface area contributed by atoms with Gasteiger partial charge in [0.15, 0.2) is 0 Å². The van der Waals surface area contributed by atoms with Crippen molar-refractivity contribution in [2.24, 2.45) is 5.92 Å². The number of halogens is 1. The molecule has 1 aliphatic heterocycles. The van der Waals surface area contributed by atoms with E-state index in [1.165, 1.54) is 27.5 Å². The molecule has 2 nitrogen and oxygen atoms in total. The Morgan fingerprint density at radius 1 is 0.875 bits per heavy atom. The standard InChI is InChI=1S/C29H24ClNO/c30-27-10-4-9-26-24-7-3-8-25(24)28(31-29(26)27)21-13-15-23(16-14-21)32-18-19-11-12-20-5-1-2-6-22(20)17-19/h1-7,9-17,24-25,28,31H,8,18H2/t24-,25+,28+/m1/s1. The van der Waals surface area contributed by atoms with Crippen LogP contribution in [0.15, 0.2) is 97.1 Å². The fourth-order valence-electron chi connectivity index (χ4n) is 5.18. The first-order chi connectivity index (χ1) is 15.8. The van der Waals surface area contributed by atoms with E-state index in [2.05, 4.69) is 90.3 Å². The van der Waals surface area contributed by atoms with Crippen LogP contribution >= 0.6 is 11.6 Å². The molecule has 1 aliphatic carbocycles. The Labute approximate surface area is 193 Å². The molecule has 0 amide bonds. The van der Waals surface area contributed by atoms with Gasteiger partial charge in [-0.1, -0.05) is 84.4 Å². The van der Waals surface area contributed by atoms with E-state index in [9.17, 15) is 0 Å². The van der Waals surface area contributed by atoms with Crippen LogP contribution in [0.25, 0.3) is 10.8 Å². The molecular formula is C29H24ClNO. The molecule has 0 saturated heterocycles. The van der Waals surface area contributed by atoms with Crippen LogP contribution in [-0.2, 0) is 6.61 Å². The van der Waals surface area contributed by atoms with Crippen molar-refractivity contribution in [3.05, 3.63) is 119 Å². The molecule has 158 valence electrons. The molecular weight excluding hydrogens is 414 g/mol. The molecule has 1 N–H and O–H groups in total. The Balaban J connectivity index is 1.20. The van der Waals surface area contributed by atoms with Crippen LogP contribution in [0.2, 0.25) is 5.02 Å². The van der Waals surface area contributed by atoms with Crippen LogP contribution in [0.4, 0.5) is 5.69 Å². The van der Waals surface area contributed by atoms with Crippen molar-refractivity contribution in [1.29, 1.82) is 0 Å². The van der Waals surface area contributed by atoms with E-state index < -0.39 is 0 Å². The highest BCUT2D eigenvalue weighted by atomic mass is 35.5. The number of rotatable bonds is 4. The molecule has 0 fully saturated rings. The second kappa shape index (κ2) is 8.03. The van der Waals surface area contributed by atoms with Crippen LogP contribution in [0.5, 0.6) is 5.75 Å².